The number of benzene rings is 1. The van der Waals surface area contributed by atoms with E-state index in [1.807, 2.05) is 0 Å². The van der Waals surface area contributed by atoms with Gasteiger partial charge in [-0.1, -0.05) is 13.0 Å². The SMILES string of the molecule is C[c-]1ccc2ccccc21.F.F.F.[Zr]. The maximum atomic E-state index is 2.16. The summed E-state index contributed by atoms with van der Waals surface area (Å²) in [6, 6.07) is 12.8. The second kappa shape index (κ2) is 7.87. The summed E-state index contributed by atoms with van der Waals surface area (Å²) < 4.78 is 0. The largest absolute Gasteiger partial charge is 0.269 e. The van der Waals surface area contributed by atoms with E-state index in [0.29, 0.717) is 0 Å². The normalized spacial score (nSPS) is 7.50. The van der Waals surface area contributed by atoms with Crippen LogP contribution in [0.3, 0.4) is 0 Å². The molecule has 78 valence electrons. The minimum absolute atomic E-state index is 0. The van der Waals surface area contributed by atoms with Gasteiger partial charge in [-0.2, -0.15) is 12.1 Å². The molecule has 0 atom stereocenters. The first kappa shape index (κ1) is 19.1. The van der Waals surface area contributed by atoms with Crippen molar-refractivity contribution >= 4 is 10.8 Å². The molecular formula is C10H12F3Zr-. The van der Waals surface area contributed by atoms with Gasteiger partial charge in [0.2, 0.25) is 0 Å². The van der Waals surface area contributed by atoms with Gasteiger partial charge < -0.3 is 0 Å². The van der Waals surface area contributed by atoms with Gasteiger partial charge in [-0.15, -0.1) is 34.5 Å². The van der Waals surface area contributed by atoms with E-state index in [1.165, 1.54) is 16.3 Å². The number of fused-ring (bicyclic) bond motifs is 1. The van der Waals surface area contributed by atoms with Crippen LogP contribution >= 0.6 is 0 Å². The van der Waals surface area contributed by atoms with Crippen LogP contribution < -0.4 is 0 Å². The number of rotatable bonds is 0. The molecule has 2 rings (SSSR count). The van der Waals surface area contributed by atoms with Crippen LogP contribution in [-0.4, -0.2) is 0 Å². The Bertz CT molecular complexity index is 357. The molecule has 0 aromatic heterocycles. The van der Waals surface area contributed by atoms with Crippen LogP contribution in [0.1, 0.15) is 5.56 Å². The van der Waals surface area contributed by atoms with Gasteiger partial charge in [0, 0.05) is 26.2 Å². The maximum absolute atomic E-state index is 2.16. The van der Waals surface area contributed by atoms with Crippen LogP contribution in [0.25, 0.3) is 10.8 Å². The average Bonchev–Trinajstić information content (AvgIpc) is 2.34. The molecule has 14 heavy (non-hydrogen) atoms. The monoisotopic (exact) mass is 279 g/mol. The fourth-order valence-corrected chi connectivity index (χ4v) is 1.31. The van der Waals surface area contributed by atoms with Gasteiger partial charge in [-0.25, -0.2) is 0 Å². The smallest absolute Gasteiger partial charge is 0 e. The molecule has 0 aliphatic heterocycles. The third kappa shape index (κ3) is 3.34. The molecule has 2 aromatic carbocycles. The third-order valence-electron chi connectivity index (χ3n) is 1.90. The van der Waals surface area contributed by atoms with Gasteiger partial charge >= 0.3 is 0 Å². The fourth-order valence-electron chi connectivity index (χ4n) is 1.31. The molecule has 0 radical (unpaired) electrons. The van der Waals surface area contributed by atoms with Crippen LogP contribution in [-0.2, 0) is 26.2 Å². The molecule has 0 aliphatic carbocycles. The molecule has 2 aromatic rings. The molecule has 0 spiro atoms. The van der Waals surface area contributed by atoms with Crippen molar-refractivity contribution in [3.63, 3.8) is 0 Å². The summed E-state index contributed by atoms with van der Waals surface area (Å²) in [4.78, 5) is 0. The molecular weight excluding hydrogens is 268 g/mol. The summed E-state index contributed by atoms with van der Waals surface area (Å²) >= 11 is 0. The standard InChI is InChI=1S/C10H9.3FH.Zr/c1-8-6-7-9-4-2-3-5-10(8)9;;;;/h2-7H,1H3;3*1H;/q-1;;;;. The van der Waals surface area contributed by atoms with Gasteiger partial charge in [-0.3, -0.25) is 14.1 Å². The summed E-state index contributed by atoms with van der Waals surface area (Å²) in [5.41, 5.74) is 1.37. The molecule has 0 nitrogen and oxygen atoms in total. The number of hydrogen-bond acceptors (Lipinski definition) is 0. The van der Waals surface area contributed by atoms with Gasteiger partial charge in [0.25, 0.3) is 0 Å². The van der Waals surface area contributed by atoms with Crippen molar-refractivity contribution < 1.29 is 40.3 Å². The Hall–Kier alpha value is -0.497. The van der Waals surface area contributed by atoms with Gasteiger partial charge in [0.15, 0.2) is 0 Å². The second-order valence-electron chi connectivity index (χ2n) is 2.60. The summed E-state index contributed by atoms with van der Waals surface area (Å²) in [6.07, 6.45) is 0. The topological polar surface area (TPSA) is 0 Å². The Balaban J connectivity index is -0.000000302. The van der Waals surface area contributed by atoms with Crippen molar-refractivity contribution in [2.75, 3.05) is 0 Å². The molecule has 4 heteroatoms. The van der Waals surface area contributed by atoms with E-state index in [0.717, 1.165) is 0 Å². The predicted octanol–water partition coefficient (Wildman–Crippen LogP) is 3.32. The molecule has 0 bridgehead atoms. The quantitative estimate of drug-likeness (QED) is 0.649. The number of halogens is 3. The van der Waals surface area contributed by atoms with Crippen LogP contribution in [0.4, 0.5) is 14.1 Å². The molecule has 0 amide bonds. The Morgan fingerprint density at radius 3 is 2.07 bits per heavy atom. The first-order valence-electron chi connectivity index (χ1n) is 3.49. The predicted molar refractivity (Wildman–Crippen MR) is 51.8 cm³/mol. The van der Waals surface area contributed by atoms with E-state index in [1.54, 1.807) is 0 Å². The minimum Gasteiger partial charge on any atom is -0.269 e. The minimum atomic E-state index is 0. The van der Waals surface area contributed by atoms with Crippen LogP contribution in [0.5, 0.6) is 0 Å². The fraction of sp³-hybridized carbons (Fsp3) is 0.100. The first-order chi connectivity index (χ1) is 4.88. The summed E-state index contributed by atoms with van der Waals surface area (Å²) in [5.74, 6) is 0. The van der Waals surface area contributed by atoms with Crippen molar-refractivity contribution in [1.29, 1.82) is 0 Å². The molecule has 0 N–H and O–H groups in total. The molecule has 0 heterocycles. The van der Waals surface area contributed by atoms with Crippen LogP contribution in [0, 0.1) is 6.92 Å². The van der Waals surface area contributed by atoms with Crippen molar-refractivity contribution in [2.45, 2.75) is 6.92 Å². The first-order valence-corrected chi connectivity index (χ1v) is 3.49. The van der Waals surface area contributed by atoms with E-state index in [2.05, 4.69) is 43.3 Å². The molecule has 0 saturated heterocycles. The van der Waals surface area contributed by atoms with Crippen molar-refractivity contribution in [3.8, 4) is 0 Å². The van der Waals surface area contributed by atoms with E-state index >= 15 is 0 Å². The Kier molecular flexibility index (Phi) is 10.8. The third-order valence-corrected chi connectivity index (χ3v) is 1.90. The maximum Gasteiger partial charge on any atom is 0 e. The molecule has 0 unspecified atom stereocenters. The molecule has 0 aliphatic rings. The zero-order chi connectivity index (χ0) is 6.97. The zero-order valence-corrected chi connectivity index (χ0v) is 10.1. The Morgan fingerprint density at radius 2 is 1.50 bits per heavy atom. The van der Waals surface area contributed by atoms with E-state index < -0.39 is 0 Å². The van der Waals surface area contributed by atoms with Gasteiger partial charge in [-0.05, 0) is 0 Å². The summed E-state index contributed by atoms with van der Waals surface area (Å²) in [5, 5.41) is 2.72. The Morgan fingerprint density at radius 1 is 0.929 bits per heavy atom. The van der Waals surface area contributed by atoms with Crippen molar-refractivity contribution in [3.05, 3.63) is 42.0 Å². The Labute approximate surface area is 99.9 Å². The number of aryl methyl sites for hydroxylation is 1. The van der Waals surface area contributed by atoms with E-state index in [4.69, 9.17) is 0 Å². The molecule has 0 fully saturated rings. The zero-order valence-electron chi connectivity index (χ0n) is 7.69. The average molecular weight is 280 g/mol. The second-order valence-corrected chi connectivity index (χ2v) is 2.60. The van der Waals surface area contributed by atoms with E-state index in [9.17, 15) is 0 Å². The molecule has 0 saturated carbocycles. The van der Waals surface area contributed by atoms with Crippen molar-refractivity contribution in [2.24, 2.45) is 0 Å². The van der Waals surface area contributed by atoms with Gasteiger partial charge in [0.05, 0.1) is 0 Å². The number of hydrogen-bond donors (Lipinski definition) is 0. The van der Waals surface area contributed by atoms with Crippen LogP contribution in [0.15, 0.2) is 36.4 Å². The summed E-state index contributed by atoms with van der Waals surface area (Å²) in [7, 11) is 0. The van der Waals surface area contributed by atoms with Gasteiger partial charge in [0.1, 0.15) is 0 Å². The van der Waals surface area contributed by atoms with Crippen molar-refractivity contribution in [1.82, 2.24) is 0 Å². The summed E-state index contributed by atoms with van der Waals surface area (Å²) in [6.45, 7) is 2.14. The van der Waals surface area contributed by atoms with Crippen LogP contribution in [0.2, 0.25) is 0 Å². The van der Waals surface area contributed by atoms with E-state index in [-0.39, 0.29) is 40.3 Å².